The van der Waals surface area contributed by atoms with Gasteiger partial charge in [-0.05, 0) is 6.08 Å². The Morgan fingerprint density at radius 1 is 1.80 bits per heavy atom. The Labute approximate surface area is 64.9 Å². The summed E-state index contributed by atoms with van der Waals surface area (Å²) in [6, 6.07) is 0.395. The van der Waals surface area contributed by atoms with Crippen LogP contribution in [0.15, 0.2) is 17.3 Å². The van der Waals surface area contributed by atoms with Gasteiger partial charge < -0.3 is 9.64 Å². The summed E-state index contributed by atoms with van der Waals surface area (Å²) >= 11 is 5.57. The van der Waals surface area contributed by atoms with E-state index in [1.165, 1.54) is 0 Å². The van der Waals surface area contributed by atoms with Crippen LogP contribution in [0, 0.1) is 0 Å². The first-order valence-electron chi connectivity index (χ1n) is 2.93. The Morgan fingerprint density at radius 3 is 3.10 bits per heavy atom. The van der Waals surface area contributed by atoms with Gasteiger partial charge in [-0.1, -0.05) is 0 Å². The lowest BCUT2D eigenvalue weighted by Crippen LogP contribution is -2.31. The molecule has 0 N–H and O–H groups in total. The fourth-order valence-corrected chi connectivity index (χ4v) is 0.924. The SMILES string of the molecule is COC1N=CC=CN1CCl. The van der Waals surface area contributed by atoms with Crippen LogP contribution in [-0.2, 0) is 4.74 Å². The largest absolute Gasteiger partial charge is 0.342 e. The predicted molar refractivity (Wildman–Crippen MR) is 41.0 cm³/mol. The highest BCUT2D eigenvalue weighted by atomic mass is 35.5. The van der Waals surface area contributed by atoms with Crippen molar-refractivity contribution in [3.05, 3.63) is 12.3 Å². The molecule has 1 heterocycles. The van der Waals surface area contributed by atoms with Crippen molar-refractivity contribution in [2.75, 3.05) is 13.1 Å². The molecular weight excluding hydrogens is 152 g/mol. The van der Waals surface area contributed by atoms with Crippen LogP contribution in [0.5, 0.6) is 0 Å². The zero-order valence-corrected chi connectivity index (χ0v) is 6.45. The van der Waals surface area contributed by atoms with Crippen molar-refractivity contribution >= 4 is 17.8 Å². The quantitative estimate of drug-likeness (QED) is 0.445. The van der Waals surface area contributed by atoms with E-state index in [1.807, 2.05) is 12.3 Å². The van der Waals surface area contributed by atoms with Crippen molar-refractivity contribution < 1.29 is 4.74 Å². The fraction of sp³-hybridized carbons (Fsp3) is 0.500. The lowest BCUT2D eigenvalue weighted by Gasteiger charge is -2.25. The molecule has 0 fully saturated rings. The highest BCUT2D eigenvalue weighted by molar-refractivity contribution is 6.17. The van der Waals surface area contributed by atoms with Crippen LogP contribution >= 0.6 is 11.6 Å². The minimum Gasteiger partial charge on any atom is -0.342 e. The van der Waals surface area contributed by atoms with E-state index < -0.39 is 0 Å². The molecule has 3 nitrogen and oxygen atoms in total. The minimum atomic E-state index is -0.248. The summed E-state index contributed by atoms with van der Waals surface area (Å²) < 4.78 is 4.99. The van der Waals surface area contributed by atoms with E-state index in [1.54, 1.807) is 18.2 Å². The van der Waals surface area contributed by atoms with Crippen LogP contribution < -0.4 is 0 Å². The molecule has 1 aliphatic heterocycles. The topological polar surface area (TPSA) is 24.8 Å². The number of rotatable bonds is 2. The average molecular weight is 161 g/mol. The van der Waals surface area contributed by atoms with Gasteiger partial charge in [0.1, 0.15) is 0 Å². The maximum Gasteiger partial charge on any atom is 0.228 e. The summed E-state index contributed by atoms with van der Waals surface area (Å²) in [6.07, 6.45) is 5.10. The smallest absolute Gasteiger partial charge is 0.228 e. The Hall–Kier alpha value is -0.540. The Balaban J connectivity index is 2.55. The molecule has 0 aromatic heterocycles. The molecule has 10 heavy (non-hydrogen) atoms. The lowest BCUT2D eigenvalue weighted by atomic mass is 10.5. The zero-order valence-electron chi connectivity index (χ0n) is 5.70. The molecule has 0 saturated heterocycles. The number of ether oxygens (including phenoxy) is 1. The summed E-state index contributed by atoms with van der Waals surface area (Å²) in [6.45, 7) is 0. The van der Waals surface area contributed by atoms with Crippen LogP contribution in [0.3, 0.4) is 0 Å². The lowest BCUT2D eigenvalue weighted by molar-refractivity contribution is 0.0105. The molecule has 56 valence electrons. The molecule has 0 spiro atoms. The van der Waals surface area contributed by atoms with Crippen LogP contribution in [-0.4, -0.2) is 30.6 Å². The normalized spacial score (nSPS) is 23.8. The van der Waals surface area contributed by atoms with E-state index in [-0.39, 0.29) is 6.35 Å². The van der Waals surface area contributed by atoms with E-state index in [0.29, 0.717) is 6.00 Å². The molecule has 0 saturated carbocycles. The molecule has 1 unspecified atom stereocenters. The Bertz CT molecular complexity index is 140. The molecule has 0 aromatic carbocycles. The van der Waals surface area contributed by atoms with Gasteiger partial charge in [-0.25, -0.2) is 4.99 Å². The maximum atomic E-state index is 5.57. The van der Waals surface area contributed by atoms with Crippen LogP contribution in [0.4, 0.5) is 0 Å². The number of hydrogen-bond acceptors (Lipinski definition) is 3. The zero-order chi connectivity index (χ0) is 7.40. The predicted octanol–water partition coefficient (Wildman–Crippen LogP) is 1.01. The second-order valence-electron chi connectivity index (χ2n) is 1.84. The monoisotopic (exact) mass is 160 g/mol. The molecule has 0 amide bonds. The molecule has 1 rings (SSSR count). The summed E-state index contributed by atoms with van der Waals surface area (Å²) in [5.41, 5.74) is 0. The number of alkyl halides is 1. The van der Waals surface area contributed by atoms with Gasteiger partial charge in [-0.15, -0.1) is 11.6 Å². The van der Waals surface area contributed by atoms with Gasteiger partial charge in [0, 0.05) is 19.5 Å². The van der Waals surface area contributed by atoms with Crippen molar-refractivity contribution in [2.24, 2.45) is 4.99 Å². The van der Waals surface area contributed by atoms with Gasteiger partial charge in [0.15, 0.2) is 0 Å². The molecule has 0 radical (unpaired) electrons. The van der Waals surface area contributed by atoms with Crippen LogP contribution in [0.2, 0.25) is 0 Å². The summed E-state index contributed by atoms with van der Waals surface area (Å²) in [5.74, 6) is 0. The van der Waals surface area contributed by atoms with Gasteiger partial charge in [-0.3, -0.25) is 0 Å². The molecule has 4 heteroatoms. The third-order valence-electron chi connectivity index (χ3n) is 1.21. The first-order chi connectivity index (χ1) is 4.88. The number of aliphatic imine (C=N–C) groups is 1. The molecule has 0 bridgehead atoms. The van der Waals surface area contributed by atoms with Gasteiger partial charge in [0.25, 0.3) is 0 Å². The molecule has 1 aliphatic rings. The van der Waals surface area contributed by atoms with Gasteiger partial charge >= 0.3 is 0 Å². The molecule has 0 aromatic rings. The third kappa shape index (κ3) is 1.49. The average Bonchev–Trinajstić information content (AvgIpc) is 2.04. The first kappa shape index (κ1) is 7.57. The van der Waals surface area contributed by atoms with E-state index in [9.17, 15) is 0 Å². The highest BCUT2D eigenvalue weighted by Gasteiger charge is 2.11. The number of nitrogens with zero attached hydrogens (tertiary/aromatic N) is 2. The third-order valence-corrected chi connectivity index (χ3v) is 1.49. The van der Waals surface area contributed by atoms with E-state index in [0.717, 1.165) is 0 Å². The number of allylic oxidation sites excluding steroid dienone is 1. The Kier molecular flexibility index (Phi) is 2.71. The Morgan fingerprint density at radius 2 is 2.60 bits per heavy atom. The fourth-order valence-electron chi connectivity index (χ4n) is 0.727. The van der Waals surface area contributed by atoms with Crippen molar-refractivity contribution in [2.45, 2.75) is 6.35 Å². The first-order valence-corrected chi connectivity index (χ1v) is 3.46. The summed E-state index contributed by atoms with van der Waals surface area (Å²) in [5, 5.41) is 0. The van der Waals surface area contributed by atoms with E-state index in [2.05, 4.69) is 4.99 Å². The molecular formula is C6H9ClN2O. The number of methoxy groups -OCH3 is 1. The van der Waals surface area contributed by atoms with E-state index >= 15 is 0 Å². The van der Waals surface area contributed by atoms with Crippen LogP contribution in [0.25, 0.3) is 0 Å². The van der Waals surface area contributed by atoms with Crippen molar-refractivity contribution in [1.82, 2.24) is 4.90 Å². The van der Waals surface area contributed by atoms with Crippen molar-refractivity contribution in [3.8, 4) is 0 Å². The standard InChI is InChI=1S/C6H9ClN2O/c1-10-6-8-3-2-4-9(6)5-7/h2-4,6H,5H2,1H3. The van der Waals surface area contributed by atoms with Crippen molar-refractivity contribution in [1.29, 1.82) is 0 Å². The maximum absolute atomic E-state index is 5.57. The second-order valence-corrected chi connectivity index (χ2v) is 2.07. The van der Waals surface area contributed by atoms with Gasteiger partial charge in [0.2, 0.25) is 6.35 Å². The molecule has 1 atom stereocenters. The van der Waals surface area contributed by atoms with Crippen LogP contribution in [0.1, 0.15) is 0 Å². The highest BCUT2D eigenvalue weighted by Crippen LogP contribution is 2.06. The number of hydrogen-bond donors (Lipinski definition) is 0. The summed E-state index contributed by atoms with van der Waals surface area (Å²) in [4.78, 5) is 5.79. The minimum absolute atomic E-state index is 0.248. The van der Waals surface area contributed by atoms with Gasteiger partial charge in [-0.2, -0.15) is 0 Å². The molecule has 0 aliphatic carbocycles. The van der Waals surface area contributed by atoms with Gasteiger partial charge in [0.05, 0.1) is 6.00 Å². The second kappa shape index (κ2) is 3.58. The van der Waals surface area contributed by atoms with Crippen molar-refractivity contribution in [3.63, 3.8) is 0 Å². The summed E-state index contributed by atoms with van der Waals surface area (Å²) in [7, 11) is 1.60. The number of halogens is 1. The van der Waals surface area contributed by atoms with E-state index in [4.69, 9.17) is 16.3 Å².